The summed E-state index contributed by atoms with van der Waals surface area (Å²) in [5.41, 5.74) is 7.19. The van der Waals surface area contributed by atoms with Gasteiger partial charge in [0.1, 0.15) is 0 Å². The molecular weight excluding hydrogens is 166 g/mol. The third kappa shape index (κ3) is 2.33. The molecule has 0 spiro atoms. The predicted molar refractivity (Wildman–Crippen MR) is 51.3 cm³/mol. The van der Waals surface area contributed by atoms with Crippen LogP contribution in [0.2, 0.25) is 0 Å². The fourth-order valence-electron chi connectivity index (χ4n) is 1.00. The van der Waals surface area contributed by atoms with Crippen molar-refractivity contribution in [3.8, 4) is 0 Å². The van der Waals surface area contributed by atoms with Crippen molar-refractivity contribution >= 4 is 11.7 Å². The van der Waals surface area contributed by atoms with Crippen molar-refractivity contribution in [3.63, 3.8) is 0 Å². The molecule has 1 aromatic carbocycles. The average molecular weight is 177 g/mol. The van der Waals surface area contributed by atoms with Crippen molar-refractivity contribution < 1.29 is 9.90 Å². The molecule has 0 heterocycles. The number of carboxylic acid groups (broad SMARTS) is 1. The first-order valence-electron chi connectivity index (χ1n) is 3.85. The van der Waals surface area contributed by atoms with E-state index in [4.69, 9.17) is 10.8 Å². The highest BCUT2D eigenvalue weighted by molar-refractivity contribution is 5.86. The molecule has 0 saturated heterocycles. The lowest BCUT2D eigenvalue weighted by Crippen LogP contribution is -2.03. The van der Waals surface area contributed by atoms with Gasteiger partial charge in [-0.2, -0.15) is 0 Å². The lowest BCUT2D eigenvalue weighted by molar-refractivity contribution is -0.132. The van der Waals surface area contributed by atoms with Gasteiger partial charge in [-0.25, -0.2) is 4.79 Å². The molecule has 3 heteroatoms. The normalized spacial score (nSPS) is 9.54. The SMILES string of the molecule is C=C(Cc1ccccc1N)C(=O)O. The number of para-hydroxylation sites is 1. The monoisotopic (exact) mass is 177 g/mol. The fraction of sp³-hybridized carbons (Fsp3) is 0.100. The zero-order valence-corrected chi connectivity index (χ0v) is 7.16. The van der Waals surface area contributed by atoms with Crippen LogP contribution in [0.5, 0.6) is 0 Å². The Morgan fingerprint density at radius 1 is 1.46 bits per heavy atom. The van der Waals surface area contributed by atoms with Crippen molar-refractivity contribution in [3.05, 3.63) is 42.0 Å². The van der Waals surface area contributed by atoms with Crippen LogP contribution in [0.1, 0.15) is 5.56 Å². The maximum Gasteiger partial charge on any atom is 0.331 e. The molecule has 0 fully saturated rings. The molecule has 0 aliphatic heterocycles. The number of nitrogens with two attached hydrogens (primary N) is 1. The molecule has 0 atom stereocenters. The molecule has 68 valence electrons. The van der Waals surface area contributed by atoms with Crippen LogP contribution in [0.4, 0.5) is 5.69 Å². The van der Waals surface area contributed by atoms with E-state index in [2.05, 4.69) is 6.58 Å². The number of hydrogen-bond donors (Lipinski definition) is 2. The summed E-state index contributed by atoms with van der Waals surface area (Å²) >= 11 is 0. The molecule has 13 heavy (non-hydrogen) atoms. The van der Waals surface area contributed by atoms with Crippen LogP contribution in [0.25, 0.3) is 0 Å². The average Bonchev–Trinajstić information content (AvgIpc) is 2.08. The maximum atomic E-state index is 10.5. The highest BCUT2D eigenvalue weighted by atomic mass is 16.4. The molecule has 3 nitrogen and oxygen atoms in total. The molecular formula is C10H11NO2. The van der Waals surface area contributed by atoms with Crippen LogP contribution in [-0.2, 0) is 11.2 Å². The van der Waals surface area contributed by atoms with Gasteiger partial charge in [0.05, 0.1) is 0 Å². The van der Waals surface area contributed by atoms with Gasteiger partial charge in [0, 0.05) is 17.7 Å². The smallest absolute Gasteiger partial charge is 0.331 e. The van der Waals surface area contributed by atoms with Crippen molar-refractivity contribution in [1.82, 2.24) is 0 Å². The van der Waals surface area contributed by atoms with E-state index in [9.17, 15) is 4.79 Å². The molecule has 0 aliphatic carbocycles. The minimum atomic E-state index is -0.983. The summed E-state index contributed by atoms with van der Waals surface area (Å²) < 4.78 is 0. The maximum absolute atomic E-state index is 10.5. The highest BCUT2D eigenvalue weighted by Gasteiger charge is 2.06. The minimum Gasteiger partial charge on any atom is -0.478 e. The molecule has 0 aromatic heterocycles. The van der Waals surface area contributed by atoms with E-state index in [1.54, 1.807) is 12.1 Å². The van der Waals surface area contributed by atoms with Crippen LogP contribution in [0.3, 0.4) is 0 Å². The van der Waals surface area contributed by atoms with Gasteiger partial charge in [-0.3, -0.25) is 0 Å². The molecule has 1 rings (SSSR count). The van der Waals surface area contributed by atoms with Gasteiger partial charge in [0.2, 0.25) is 0 Å². The van der Waals surface area contributed by atoms with Gasteiger partial charge in [-0.1, -0.05) is 24.8 Å². The lowest BCUT2D eigenvalue weighted by Gasteiger charge is -2.03. The second-order valence-electron chi connectivity index (χ2n) is 2.78. The Balaban J connectivity index is 2.81. The van der Waals surface area contributed by atoms with Gasteiger partial charge in [0.25, 0.3) is 0 Å². The molecule has 1 aromatic rings. The van der Waals surface area contributed by atoms with E-state index in [1.807, 2.05) is 12.1 Å². The summed E-state index contributed by atoms with van der Waals surface area (Å²) in [5, 5.41) is 8.59. The lowest BCUT2D eigenvalue weighted by atomic mass is 10.1. The number of aliphatic carboxylic acids is 1. The Morgan fingerprint density at radius 3 is 2.62 bits per heavy atom. The number of carboxylic acids is 1. The molecule has 0 saturated carbocycles. The molecule has 0 bridgehead atoms. The summed E-state index contributed by atoms with van der Waals surface area (Å²) in [7, 11) is 0. The quantitative estimate of drug-likeness (QED) is 0.542. The first-order valence-corrected chi connectivity index (χ1v) is 3.85. The minimum absolute atomic E-state index is 0.151. The molecule has 0 aliphatic rings. The van der Waals surface area contributed by atoms with E-state index in [0.717, 1.165) is 5.56 Å². The predicted octanol–water partition coefficient (Wildman–Crippen LogP) is 1.45. The van der Waals surface area contributed by atoms with Crippen molar-refractivity contribution in [2.24, 2.45) is 0 Å². The van der Waals surface area contributed by atoms with Gasteiger partial charge >= 0.3 is 5.97 Å². The van der Waals surface area contributed by atoms with Crippen molar-refractivity contribution in [1.29, 1.82) is 0 Å². The largest absolute Gasteiger partial charge is 0.478 e. The van der Waals surface area contributed by atoms with Crippen LogP contribution >= 0.6 is 0 Å². The Bertz CT molecular complexity index is 345. The summed E-state index contributed by atoms with van der Waals surface area (Å²) in [4.78, 5) is 10.5. The second kappa shape index (κ2) is 3.76. The molecule has 0 unspecified atom stereocenters. The summed E-state index contributed by atoms with van der Waals surface area (Å²) in [5.74, 6) is -0.983. The number of anilines is 1. The Morgan fingerprint density at radius 2 is 2.08 bits per heavy atom. The van der Waals surface area contributed by atoms with Gasteiger partial charge in [-0.05, 0) is 11.6 Å². The Kier molecular flexibility index (Phi) is 2.69. The Hall–Kier alpha value is -1.77. The van der Waals surface area contributed by atoms with E-state index >= 15 is 0 Å². The standard InChI is InChI=1S/C10H11NO2/c1-7(10(12)13)6-8-4-2-3-5-9(8)11/h2-5H,1,6,11H2,(H,12,13). The van der Waals surface area contributed by atoms with Gasteiger partial charge in [0.15, 0.2) is 0 Å². The van der Waals surface area contributed by atoms with E-state index in [1.165, 1.54) is 0 Å². The zero-order valence-electron chi connectivity index (χ0n) is 7.16. The van der Waals surface area contributed by atoms with Crippen LogP contribution < -0.4 is 5.73 Å². The topological polar surface area (TPSA) is 63.3 Å². The number of hydrogen-bond acceptors (Lipinski definition) is 2. The van der Waals surface area contributed by atoms with Crippen LogP contribution in [0.15, 0.2) is 36.4 Å². The van der Waals surface area contributed by atoms with E-state index in [0.29, 0.717) is 12.1 Å². The number of benzene rings is 1. The van der Waals surface area contributed by atoms with Gasteiger partial charge < -0.3 is 10.8 Å². The molecule has 0 radical (unpaired) electrons. The molecule has 0 amide bonds. The second-order valence-corrected chi connectivity index (χ2v) is 2.78. The fourth-order valence-corrected chi connectivity index (χ4v) is 1.00. The number of rotatable bonds is 3. The first-order chi connectivity index (χ1) is 6.11. The van der Waals surface area contributed by atoms with Crippen LogP contribution in [0, 0.1) is 0 Å². The third-order valence-electron chi connectivity index (χ3n) is 1.76. The van der Waals surface area contributed by atoms with Crippen molar-refractivity contribution in [2.75, 3.05) is 5.73 Å². The van der Waals surface area contributed by atoms with Gasteiger partial charge in [-0.15, -0.1) is 0 Å². The number of nitrogen functional groups attached to an aromatic ring is 1. The van der Waals surface area contributed by atoms with Crippen molar-refractivity contribution in [2.45, 2.75) is 6.42 Å². The number of carbonyl (C=O) groups is 1. The summed E-state index contributed by atoms with van der Waals surface area (Å²) in [6.45, 7) is 3.44. The molecule has 3 N–H and O–H groups in total. The zero-order chi connectivity index (χ0) is 9.84. The summed E-state index contributed by atoms with van der Waals surface area (Å²) in [6.07, 6.45) is 0.294. The van der Waals surface area contributed by atoms with E-state index < -0.39 is 5.97 Å². The first kappa shape index (κ1) is 9.32. The Labute approximate surface area is 76.5 Å². The van der Waals surface area contributed by atoms with E-state index in [-0.39, 0.29) is 5.57 Å². The third-order valence-corrected chi connectivity index (χ3v) is 1.76. The van der Waals surface area contributed by atoms with Crippen LogP contribution in [-0.4, -0.2) is 11.1 Å². The highest BCUT2D eigenvalue weighted by Crippen LogP contribution is 2.14. The summed E-state index contributed by atoms with van der Waals surface area (Å²) in [6, 6.07) is 7.16.